The number of carbonyl (C=O) groups excluding carboxylic acids is 1. The molecule has 2 aliphatic rings. The minimum Gasteiger partial charge on any atom is -0.381 e. The number of hydrogen-bond donors (Lipinski definition) is 2. The van der Waals surface area contributed by atoms with Crippen LogP contribution in [-0.4, -0.2) is 57.3 Å². The molecule has 1 aromatic carbocycles. The smallest absolute Gasteiger partial charge is 0.254 e. The number of pyridine rings is 1. The van der Waals surface area contributed by atoms with Gasteiger partial charge in [0.15, 0.2) is 0 Å². The fourth-order valence-electron chi connectivity index (χ4n) is 4.42. The van der Waals surface area contributed by atoms with E-state index in [2.05, 4.69) is 31.7 Å². The molecule has 180 valence electrons. The number of nitrogens with zero attached hydrogens (tertiary/aromatic N) is 5. The molecular formula is C26H28FN7O. The van der Waals surface area contributed by atoms with Crippen LogP contribution in [0.25, 0.3) is 16.8 Å². The predicted octanol–water partition coefficient (Wildman–Crippen LogP) is 3.67. The van der Waals surface area contributed by atoms with Crippen molar-refractivity contribution in [2.24, 2.45) is 0 Å². The van der Waals surface area contributed by atoms with Gasteiger partial charge in [0, 0.05) is 54.9 Å². The van der Waals surface area contributed by atoms with Crippen LogP contribution in [0.2, 0.25) is 0 Å². The quantitative estimate of drug-likeness (QED) is 0.508. The van der Waals surface area contributed by atoms with Gasteiger partial charge < -0.3 is 10.6 Å². The lowest BCUT2D eigenvalue weighted by Crippen LogP contribution is -2.39. The first kappa shape index (κ1) is 23.0. The number of halogens is 1. The molecule has 2 N–H and O–H groups in total. The van der Waals surface area contributed by atoms with Crippen LogP contribution in [0, 0.1) is 24.1 Å². The average molecular weight is 474 g/mol. The molecule has 0 bridgehead atoms. The van der Waals surface area contributed by atoms with Gasteiger partial charge in [-0.25, -0.2) is 9.07 Å². The lowest BCUT2D eigenvalue weighted by atomic mass is 10.0. The SMILES string of the molecule is Cc1cc(F)c(C(=O)NC2CC2)cc1-n1cc(-c2cncc(NC3CCN(CC#N)CC3)c2)cn1. The number of likely N-dealkylation sites (tertiary alicyclic amines) is 1. The third kappa shape index (κ3) is 5.33. The summed E-state index contributed by atoms with van der Waals surface area (Å²) in [6.45, 7) is 4.09. The van der Waals surface area contributed by atoms with Gasteiger partial charge in [0.2, 0.25) is 0 Å². The topological polar surface area (TPSA) is 98.9 Å². The first-order valence-corrected chi connectivity index (χ1v) is 12.0. The number of amides is 1. The van der Waals surface area contributed by atoms with Gasteiger partial charge in [-0.15, -0.1) is 0 Å². The minimum absolute atomic E-state index is 0.0308. The Morgan fingerprint density at radius 1 is 1.11 bits per heavy atom. The minimum atomic E-state index is -0.529. The third-order valence-corrected chi connectivity index (χ3v) is 6.60. The van der Waals surface area contributed by atoms with Gasteiger partial charge in [-0.1, -0.05) is 0 Å². The summed E-state index contributed by atoms with van der Waals surface area (Å²) in [4.78, 5) is 19.0. The van der Waals surface area contributed by atoms with Gasteiger partial charge in [-0.3, -0.25) is 14.7 Å². The van der Waals surface area contributed by atoms with Crippen LogP contribution < -0.4 is 10.6 Å². The Hall–Kier alpha value is -3.77. The van der Waals surface area contributed by atoms with E-state index in [1.54, 1.807) is 30.1 Å². The molecule has 35 heavy (non-hydrogen) atoms. The van der Waals surface area contributed by atoms with E-state index in [-0.39, 0.29) is 17.5 Å². The monoisotopic (exact) mass is 473 g/mol. The molecule has 2 aromatic heterocycles. The Morgan fingerprint density at radius 2 is 1.91 bits per heavy atom. The standard InChI is InChI=1S/C26H28FN7O/c1-17-10-24(27)23(26(35)32-20-2-3-20)12-25(17)34-16-19(14-30-34)18-11-22(15-29-13-18)31-21-4-7-33(8-5-21)9-6-28/h10-16,20-21,31H,2-5,7-9H2,1H3,(H,32,35). The summed E-state index contributed by atoms with van der Waals surface area (Å²) in [5, 5.41) is 19.8. The number of hydrogen-bond acceptors (Lipinski definition) is 6. The number of nitriles is 1. The van der Waals surface area contributed by atoms with Crippen molar-refractivity contribution in [1.29, 1.82) is 5.26 Å². The zero-order valence-electron chi connectivity index (χ0n) is 19.7. The Bertz CT molecular complexity index is 1270. The maximum atomic E-state index is 14.5. The Kier molecular flexibility index (Phi) is 6.47. The summed E-state index contributed by atoms with van der Waals surface area (Å²) in [6.07, 6.45) is 11.0. The number of piperidine rings is 1. The molecule has 0 atom stereocenters. The first-order chi connectivity index (χ1) is 17.0. The number of aryl methyl sites for hydroxylation is 1. The van der Waals surface area contributed by atoms with E-state index in [0.29, 0.717) is 23.8 Å². The average Bonchev–Trinajstić information content (AvgIpc) is 3.52. The lowest BCUT2D eigenvalue weighted by molar-refractivity contribution is 0.0947. The van der Waals surface area contributed by atoms with Crippen molar-refractivity contribution >= 4 is 11.6 Å². The zero-order valence-corrected chi connectivity index (χ0v) is 19.7. The van der Waals surface area contributed by atoms with Crippen LogP contribution in [-0.2, 0) is 0 Å². The van der Waals surface area contributed by atoms with E-state index >= 15 is 0 Å². The normalized spacial score (nSPS) is 16.6. The van der Waals surface area contributed by atoms with Gasteiger partial charge in [0.1, 0.15) is 5.82 Å². The van der Waals surface area contributed by atoms with Crippen molar-refractivity contribution in [2.75, 3.05) is 25.0 Å². The summed E-state index contributed by atoms with van der Waals surface area (Å²) in [7, 11) is 0. The van der Waals surface area contributed by atoms with E-state index in [1.807, 2.05) is 18.5 Å². The lowest BCUT2D eigenvalue weighted by Gasteiger charge is -2.31. The molecule has 5 rings (SSSR count). The summed E-state index contributed by atoms with van der Waals surface area (Å²) in [6, 6.07) is 7.70. The highest BCUT2D eigenvalue weighted by Gasteiger charge is 2.26. The highest BCUT2D eigenvalue weighted by atomic mass is 19.1. The maximum absolute atomic E-state index is 14.5. The van der Waals surface area contributed by atoms with Crippen molar-refractivity contribution in [3.63, 3.8) is 0 Å². The molecule has 0 radical (unpaired) electrons. The van der Waals surface area contributed by atoms with Crippen LogP contribution in [0.1, 0.15) is 41.6 Å². The molecule has 2 fully saturated rings. The Labute approximate surface area is 203 Å². The number of anilines is 1. The maximum Gasteiger partial charge on any atom is 0.254 e. The number of benzene rings is 1. The fraction of sp³-hybridized carbons (Fsp3) is 0.385. The molecule has 0 unspecified atom stereocenters. The van der Waals surface area contributed by atoms with Crippen molar-refractivity contribution in [1.82, 2.24) is 25.0 Å². The van der Waals surface area contributed by atoms with Crippen molar-refractivity contribution in [2.45, 2.75) is 44.7 Å². The molecular weight excluding hydrogens is 445 g/mol. The van der Waals surface area contributed by atoms with E-state index < -0.39 is 5.82 Å². The van der Waals surface area contributed by atoms with Gasteiger partial charge in [-0.05, 0) is 56.4 Å². The first-order valence-electron chi connectivity index (χ1n) is 12.0. The van der Waals surface area contributed by atoms with Crippen LogP contribution in [0.3, 0.4) is 0 Å². The molecule has 1 aliphatic heterocycles. The van der Waals surface area contributed by atoms with E-state index in [4.69, 9.17) is 5.26 Å². The Morgan fingerprint density at radius 3 is 2.66 bits per heavy atom. The summed E-state index contributed by atoms with van der Waals surface area (Å²) in [5.41, 5.74) is 4.10. The van der Waals surface area contributed by atoms with Crippen molar-refractivity contribution in [3.05, 3.63) is 59.9 Å². The van der Waals surface area contributed by atoms with Crippen molar-refractivity contribution < 1.29 is 9.18 Å². The molecule has 1 saturated heterocycles. The summed E-state index contributed by atoms with van der Waals surface area (Å²) in [5.74, 6) is -0.918. The predicted molar refractivity (Wildman–Crippen MR) is 131 cm³/mol. The van der Waals surface area contributed by atoms with Crippen LogP contribution in [0.5, 0.6) is 0 Å². The van der Waals surface area contributed by atoms with E-state index in [9.17, 15) is 9.18 Å². The fourth-order valence-corrected chi connectivity index (χ4v) is 4.42. The third-order valence-electron chi connectivity index (χ3n) is 6.60. The molecule has 3 heterocycles. The molecule has 9 heteroatoms. The van der Waals surface area contributed by atoms with Crippen molar-refractivity contribution in [3.8, 4) is 22.9 Å². The molecule has 8 nitrogen and oxygen atoms in total. The van der Waals surface area contributed by atoms with Gasteiger partial charge in [-0.2, -0.15) is 10.4 Å². The molecule has 3 aromatic rings. The molecule has 1 aliphatic carbocycles. The molecule has 0 spiro atoms. The second-order valence-corrected chi connectivity index (χ2v) is 9.36. The number of carbonyl (C=O) groups is 1. The molecule has 1 amide bonds. The van der Waals surface area contributed by atoms with Crippen LogP contribution in [0.4, 0.5) is 10.1 Å². The van der Waals surface area contributed by atoms with E-state index in [0.717, 1.165) is 55.6 Å². The summed E-state index contributed by atoms with van der Waals surface area (Å²) >= 11 is 0. The highest BCUT2D eigenvalue weighted by molar-refractivity contribution is 5.95. The molecule has 1 saturated carbocycles. The second kappa shape index (κ2) is 9.84. The highest BCUT2D eigenvalue weighted by Crippen LogP contribution is 2.26. The largest absolute Gasteiger partial charge is 0.381 e. The van der Waals surface area contributed by atoms with Crippen LogP contribution in [0.15, 0.2) is 43.0 Å². The second-order valence-electron chi connectivity index (χ2n) is 9.36. The van der Waals surface area contributed by atoms with Crippen LogP contribution >= 0.6 is 0 Å². The number of nitrogens with one attached hydrogen (secondary N) is 2. The van der Waals surface area contributed by atoms with Gasteiger partial charge in [0.25, 0.3) is 5.91 Å². The van der Waals surface area contributed by atoms with Gasteiger partial charge in [0.05, 0.1) is 35.7 Å². The zero-order chi connectivity index (χ0) is 24.4. The van der Waals surface area contributed by atoms with E-state index in [1.165, 1.54) is 6.07 Å². The number of aromatic nitrogens is 3. The number of rotatable bonds is 7. The summed E-state index contributed by atoms with van der Waals surface area (Å²) < 4.78 is 16.2. The van der Waals surface area contributed by atoms with Gasteiger partial charge >= 0.3 is 0 Å². The Balaban J connectivity index is 1.32.